The second-order valence-electron chi connectivity index (χ2n) is 7.49. The van der Waals surface area contributed by atoms with Crippen molar-refractivity contribution in [1.29, 1.82) is 0 Å². The quantitative estimate of drug-likeness (QED) is 0.484. The van der Waals surface area contributed by atoms with Gasteiger partial charge >= 0.3 is 0 Å². The average molecular weight is 367 g/mol. The highest BCUT2D eigenvalue weighted by molar-refractivity contribution is 5.82. The third kappa shape index (κ3) is 5.41. The van der Waals surface area contributed by atoms with Crippen molar-refractivity contribution in [3.63, 3.8) is 0 Å². The van der Waals surface area contributed by atoms with Crippen LogP contribution in [0.2, 0.25) is 0 Å². The fourth-order valence-electron chi connectivity index (χ4n) is 3.31. The summed E-state index contributed by atoms with van der Waals surface area (Å²) in [6.07, 6.45) is 4.98. The molecule has 3 rings (SSSR count). The van der Waals surface area contributed by atoms with Crippen LogP contribution in [0.1, 0.15) is 42.7 Å². The van der Waals surface area contributed by atoms with E-state index in [1.165, 1.54) is 22.1 Å². The van der Waals surface area contributed by atoms with E-state index in [4.69, 9.17) is 9.15 Å². The molecule has 2 aromatic heterocycles. The van der Waals surface area contributed by atoms with Crippen molar-refractivity contribution in [3.8, 4) is 0 Å². The van der Waals surface area contributed by atoms with Crippen molar-refractivity contribution < 1.29 is 9.15 Å². The number of benzene rings is 1. The summed E-state index contributed by atoms with van der Waals surface area (Å²) < 4.78 is 11.9. The highest BCUT2D eigenvalue weighted by atomic mass is 16.5. The maximum atomic E-state index is 6.18. The van der Waals surface area contributed by atoms with Crippen molar-refractivity contribution in [2.75, 3.05) is 13.2 Å². The lowest BCUT2D eigenvalue weighted by Gasteiger charge is -2.22. The first kappa shape index (κ1) is 19.6. The molecule has 0 spiro atoms. The molecule has 0 fully saturated rings. The fraction of sp³-hybridized carbons (Fsp3) is 0.435. The molecular formula is C23H30N2O2. The molecule has 0 atom stereocenters. The molecule has 0 aliphatic rings. The summed E-state index contributed by atoms with van der Waals surface area (Å²) in [7, 11) is 0. The lowest BCUT2D eigenvalue weighted by Crippen LogP contribution is -2.25. The van der Waals surface area contributed by atoms with Gasteiger partial charge in [0, 0.05) is 37.5 Å². The molecule has 0 saturated heterocycles. The van der Waals surface area contributed by atoms with Crippen LogP contribution in [0.4, 0.5) is 0 Å². The van der Waals surface area contributed by atoms with E-state index in [1.807, 2.05) is 12.4 Å². The smallest absolute Gasteiger partial charge is 0.134 e. The zero-order valence-corrected chi connectivity index (χ0v) is 16.9. The Labute approximate surface area is 162 Å². The molecule has 0 saturated carbocycles. The zero-order chi connectivity index (χ0) is 19.2. The minimum absolute atomic E-state index is 0.277. The van der Waals surface area contributed by atoms with E-state index in [2.05, 4.69) is 67.9 Å². The van der Waals surface area contributed by atoms with Gasteiger partial charge in [-0.05, 0) is 69.5 Å². The van der Waals surface area contributed by atoms with Gasteiger partial charge in [-0.3, -0.25) is 9.88 Å². The van der Waals surface area contributed by atoms with Gasteiger partial charge in [-0.2, -0.15) is 0 Å². The molecule has 0 bridgehead atoms. The lowest BCUT2D eigenvalue weighted by molar-refractivity contribution is 0.0687. The summed E-state index contributed by atoms with van der Waals surface area (Å²) >= 11 is 0. The number of fused-ring (bicyclic) bond motifs is 1. The summed E-state index contributed by atoms with van der Waals surface area (Å²) in [5.74, 6) is 1.05. The molecule has 27 heavy (non-hydrogen) atoms. The number of hydrogen-bond donors (Lipinski definition) is 0. The largest absolute Gasteiger partial charge is 0.459 e. The number of rotatable bonds is 9. The van der Waals surface area contributed by atoms with E-state index in [0.29, 0.717) is 0 Å². The van der Waals surface area contributed by atoms with Crippen molar-refractivity contribution in [1.82, 2.24) is 9.88 Å². The average Bonchev–Trinajstić information content (AvgIpc) is 2.95. The number of aromatic nitrogens is 1. The van der Waals surface area contributed by atoms with E-state index in [0.717, 1.165) is 44.0 Å². The van der Waals surface area contributed by atoms with Crippen LogP contribution < -0.4 is 0 Å². The molecule has 0 aliphatic heterocycles. The molecule has 144 valence electrons. The minimum Gasteiger partial charge on any atom is -0.459 e. The summed E-state index contributed by atoms with van der Waals surface area (Å²) in [5, 5.41) is 1.22. The molecule has 3 aromatic rings. The van der Waals surface area contributed by atoms with Crippen molar-refractivity contribution in [2.24, 2.45) is 0 Å². The first-order valence-corrected chi connectivity index (χ1v) is 9.74. The maximum absolute atomic E-state index is 6.18. The normalized spacial score (nSPS) is 11.8. The molecule has 0 aliphatic carbocycles. The highest BCUT2D eigenvalue weighted by Crippen LogP contribution is 2.27. The predicted octanol–water partition coefficient (Wildman–Crippen LogP) is 5.26. The van der Waals surface area contributed by atoms with Crippen LogP contribution >= 0.6 is 0 Å². The van der Waals surface area contributed by atoms with Crippen LogP contribution in [0, 0.1) is 13.8 Å². The molecule has 0 unspecified atom stereocenters. The van der Waals surface area contributed by atoms with Gasteiger partial charge in [0.25, 0.3) is 0 Å². The van der Waals surface area contributed by atoms with E-state index >= 15 is 0 Å². The maximum Gasteiger partial charge on any atom is 0.134 e. The topological polar surface area (TPSA) is 38.5 Å². The van der Waals surface area contributed by atoms with Gasteiger partial charge < -0.3 is 9.15 Å². The zero-order valence-electron chi connectivity index (χ0n) is 16.9. The standard InChI is InChI=1S/C23H30N2O2/c1-17(2)26-13-5-12-25(15-20-8-10-24-11-9-20)16-23-19(4)21-14-18(3)6-7-22(21)27-23/h6-11,14,17H,5,12-13,15-16H2,1-4H3. The van der Waals surface area contributed by atoms with Crippen LogP contribution in [0.25, 0.3) is 11.0 Å². The van der Waals surface area contributed by atoms with Gasteiger partial charge in [0.05, 0.1) is 12.6 Å². The van der Waals surface area contributed by atoms with Crippen LogP contribution in [0.3, 0.4) is 0 Å². The Hall–Kier alpha value is -2.17. The molecular weight excluding hydrogens is 336 g/mol. The second-order valence-corrected chi connectivity index (χ2v) is 7.49. The van der Waals surface area contributed by atoms with Gasteiger partial charge in [-0.1, -0.05) is 11.6 Å². The predicted molar refractivity (Wildman–Crippen MR) is 110 cm³/mol. The third-order valence-corrected chi connectivity index (χ3v) is 4.78. The minimum atomic E-state index is 0.277. The van der Waals surface area contributed by atoms with Gasteiger partial charge in [-0.25, -0.2) is 0 Å². The lowest BCUT2D eigenvalue weighted by atomic mass is 10.1. The molecule has 4 nitrogen and oxygen atoms in total. The number of nitrogens with zero attached hydrogens (tertiary/aromatic N) is 2. The van der Waals surface area contributed by atoms with E-state index in [1.54, 1.807) is 0 Å². The Morgan fingerprint density at radius 3 is 2.59 bits per heavy atom. The Balaban J connectivity index is 1.74. The molecule has 4 heteroatoms. The Kier molecular flexibility index (Phi) is 6.64. The van der Waals surface area contributed by atoms with Gasteiger partial charge in [-0.15, -0.1) is 0 Å². The molecule has 2 heterocycles. The summed E-state index contributed by atoms with van der Waals surface area (Å²) in [4.78, 5) is 6.55. The van der Waals surface area contributed by atoms with Crippen molar-refractivity contribution in [3.05, 3.63) is 65.2 Å². The Morgan fingerprint density at radius 1 is 1.07 bits per heavy atom. The number of ether oxygens (including phenoxy) is 1. The first-order valence-electron chi connectivity index (χ1n) is 9.74. The monoisotopic (exact) mass is 366 g/mol. The summed E-state index contributed by atoms with van der Waals surface area (Å²) in [6, 6.07) is 10.5. The molecule has 0 amide bonds. The molecule has 0 radical (unpaired) electrons. The van der Waals surface area contributed by atoms with Gasteiger partial charge in [0.1, 0.15) is 11.3 Å². The van der Waals surface area contributed by atoms with E-state index < -0.39 is 0 Å². The number of hydrogen-bond acceptors (Lipinski definition) is 4. The Morgan fingerprint density at radius 2 is 1.85 bits per heavy atom. The molecule has 1 aromatic carbocycles. The second kappa shape index (κ2) is 9.16. The number of furan rings is 1. The first-order chi connectivity index (χ1) is 13.0. The van der Waals surface area contributed by atoms with Crippen LogP contribution in [-0.4, -0.2) is 29.1 Å². The number of aryl methyl sites for hydroxylation is 2. The summed E-state index contributed by atoms with van der Waals surface area (Å²) in [5.41, 5.74) is 4.74. The summed E-state index contributed by atoms with van der Waals surface area (Å²) in [6.45, 7) is 11.8. The van der Waals surface area contributed by atoms with E-state index in [-0.39, 0.29) is 6.10 Å². The van der Waals surface area contributed by atoms with Crippen LogP contribution in [0.5, 0.6) is 0 Å². The highest BCUT2D eigenvalue weighted by Gasteiger charge is 2.15. The van der Waals surface area contributed by atoms with Crippen LogP contribution in [0.15, 0.2) is 47.1 Å². The fourth-order valence-corrected chi connectivity index (χ4v) is 3.31. The molecule has 0 N–H and O–H groups in total. The van der Waals surface area contributed by atoms with Gasteiger partial charge in [0.15, 0.2) is 0 Å². The Bertz CT molecular complexity index is 855. The SMILES string of the molecule is Cc1ccc2oc(CN(CCCOC(C)C)Cc3ccncc3)c(C)c2c1. The number of pyridine rings is 1. The van der Waals surface area contributed by atoms with E-state index in [9.17, 15) is 0 Å². The van der Waals surface area contributed by atoms with Gasteiger partial charge in [0.2, 0.25) is 0 Å². The van der Waals surface area contributed by atoms with Crippen molar-refractivity contribution >= 4 is 11.0 Å². The van der Waals surface area contributed by atoms with Crippen molar-refractivity contribution in [2.45, 2.75) is 53.3 Å². The third-order valence-electron chi connectivity index (χ3n) is 4.78. The van der Waals surface area contributed by atoms with Crippen LogP contribution in [-0.2, 0) is 17.8 Å².